The number of pyridine rings is 1. The van der Waals surface area contributed by atoms with Gasteiger partial charge >= 0.3 is 0 Å². The number of carbonyl (C=O) groups excluding carboxylic acids is 1. The summed E-state index contributed by atoms with van der Waals surface area (Å²) in [5.74, 6) is 1.24. The summed E-state index contributed by atoms with van der Waals surface area (Å²) in [4.78, 5) is 14.5. The van der Waals surface area contributed by atoms with E-state index in [4.69, 9.17) is 0 Å². The molecule has 6 heteroatoms. The van der Waals surface area contributed by atoms with Crippen LogP contribution in [0.1, 0.15) is 27.7 Å². The molecule has 1 fully saturated rings. The SMILES string of the molecule is Cc1c(Br)cccc1C(=O)N1CC(c2nnc3ccccn23)C1. The maximum atomic E-state index is 12.6. The monoisotopic (exact) mass is 370 g/mol. The number of hydrogen-bond acceptors (Lipinski definition) is 3. The Bertz CT molecular complexity index is 898. The van der Waals surface area contributed by atoms with Crippen LogP contribution < -0.4 is 0 Å². The van der Waals surface area contributed by atoms with E-state index in [0.717, 1.165) is 27.1 Å². The molecule has 0 atom stereocenters. The van der Waals surface area contributed by atoms with Crippen LogP contribution in [0.25, 0.3) is 5.65 Å². The fraction of sp³-hybridized carbons (Fsp3) is 0.235. The van der Waals surface area contributed by atoms with Crippen molar-refractivity contribution in [1.82, 2.24) is 19.5 Å². The Labute approximate surface area is 142 Å². The first-order valence-corrected chi connectivity index (χ1v) is 8.28. The zero-order valence-electron chi connectivity index (χ0n) is 12.6. The predicted octanol–water partition coefficient (Wildman–Crippen LogP) is 3.04. The summed E-state index contributed by atoms with van der Waals surface area (Å²) in [5.41, 5.74) is 2.58. The van der Waals surface area contributed by atoms with Gasteiger partial charge in [0, 0.05) is 29.3 Å². The molecule has 1 saturated heterocycles. The Morgan fingerprint density at radius 2 is 2.00 bits per heavy atom. The number of fused-ring (bicyclic) bond motifs is 1. The summed E-state index contributed by atoms with van der Waals surface area (Å²) in [6.07, 6.45) is 1.97. The molecule has 1 aliphatic heterocycles. The summed E-state index contributed by atoms with van der Waals surface area (Å²) < 4.78 is 2.96. The summed E-state index contributed by atoms with van der Waals surface area (Å²) in [5, 5.41) is 8.46. The standard InChI is InChI=1S/C17H15BrN4O/c1-11-13(5-4-6-14(11)18)17(23)21-9-12(10-21)16-20-19-15-7-2-3-8-22(15)16/h2-8,12H,9-10H2,1H3. The third kappa shape index (κ3) is 2.34. The van der Waals surface area contributed by atoms with Gasteiger partial charge < -0.3 is 4.90 Å². The molecule has 0 unspecified atom stereocenters. The van der Waals surface area contributed by atoms with E-state index in [1.165, 1.54) is 0 Å². The zero-order chi connectivity index (χ0) is 16.0. The second kappa shape index (κ2) is 5.45. The molecule has 1 aliphatic rings. The molecule has 0 saturated carbocycles. The molecule has 116 valence electrons. The van der Waals surface area contributed by atoms with Crippen molar-refractivity contribution in [3.05, 3.63) is 64.0 Å². The van der Waals surface area contributed by atoms with Crippen LogP contribution in [0.4, 0.5) is 0 Å². The minimum atomic E-state index is 0.0777. The lowest BCUT2D eigenvalue weighted by molar-refractivity contribution is 0.0593. The number of halogens is 1. The Morgan fingerprint density at radius 3 is 2.83 bits per heavy atom. The van der Waals surface area contributed by atoms with Gasteiger partial charge in [-0.2, -0.15) is 0 Å². The first-order chi connectivity index (χ1) is 11.1. The summed E-state index contributed by atoms with van der Waals surface area (Å²) >= 11 is 3.48. The molecule has 4 rings (SSSR count). The summed E-state index contributed by atoms with van der Waals surface area (Å²) in [6, 6.07) is 11.6. The summed E-state index contributed by atoms with van der Waals surface area (Å²) in [7, 11) is 0. The number of benzene rings is 1. The van der Waals surface area contributed by atoms with Crippen molar-refractivity contribution in [2.45, 2.75) is 12.8 Å². The van der Waals surface area contributed by atoms with Gasteiger partial charge in [0.05, 0.1) is 5.92 Å². The molecule has 1 amide bonds. The molecule has 0 radical (unpaired) electrons. The van der Waals surface area contributed by atoms with E-state index in [9.17, 15) is 4.79 Å². The van der Waals surface area contributed by atoms with Gasteiger partial charge in [-0.1, -0.05) is 28.1 Å². The Balaban J connectivity index is 1.53. The zero-order valence-corrected chi connectivity index (χ0v) is 14.2. The fourth-order valence-corrected chi connectivity index (χ4v) is 3.32. The van der Waals surface area contributed by atoms with Crippen LogP contribution >= 0.6 is 15.9 Å². The highest BCUT2D eigenvalue weighted by Crippen LogP contribution is 2.29. The number of likely N-dealkylation sites (tertiary alicyclic amines) is 1. The Kier molecular flexibility index (Phi) is 3.41. The van der Waals surface area contributed by atoms with Crippen molar-refractivity contribution in [2.75, 3.05) is 13.1 Å². The Morgan fingerprint density at radius 1 is 1.17 bits per heavy atom. The van der Waals surface area contributed by atoms with Crippen LogP contribution in [0.3, 0.4) is 0 Å². The van der Waals surface area contributed by atoms with E-state index < -0.39 is 0 Å². The van der Waals surface area contributed by atoms with Gasteiger partial charge in [0.1, 0.15) is 5.82 Å². The molecule has 23 heavy (non-hydrogen) atoms. The van der Waals surface area contributed by atoms with Crippen LogP contribution in [0.5, 0.6) is 0 Å². The fourth-order valence-electron chi connectivity index (χ4n) is 2.96. The predicted molar refractivity (Wildman–Crippen MR) is 90.5 cm³/mol. The van der Waals surface area contributed by atoms with E-state index in [1.807, 2.05) is 58.8 Å². The largest absolute Gasteiger partial charge is 0.337 e. The minimum absolute atomic E-state index is 0.0777. The first-order valence-electron chi connectivity index (χ1n) is 7.49. The maximum absolute atomic E-state index is 12.6. The molecule has 0 spiro atoms. The van der Waals surface area contributed by atoms with E-state index in [0.29, 0.717) is 13.1 Å². The highest BCUT2D eigenvalue weighted by Gasteiger charge is 2.35. The van der Waals surface area contributed by atoms with Crippen LogP contribution in [0.15, 0.2) is 47.1 Å². The van der Waals surface area contributed by atoms with Crippen molar-refractivity contribution in [1.29, 1.82) is 0 Å². The van der Waals surface area contributed by atoms with Crippen LogP contribution in [0.2, 0.25) is 0 Å². The average Bonchev–Trinajstić information content (AvgIpc) is 2.92. The molecule has 3 heterocycles. The lowest BCUT2D eigenvalue weighted by atomic mass is 9.97. The highest BCUT2D eigenvalue weighted by molar-refractivity contribution is 9.10. The molecule has 0 bridgehead atoms. The lowest BCUT2D eigenvalue weighted by Crippen LogP contribution is -2.49. The molecular formula is C17H15BrN4O. The van der Waals surface area contributed by atoms with Gasteiger partial charge in [-0.15, -0.1) is 10.2 Å². The third-order valence-corrected chi connectivity index (χ3v) is 5.23. The molecule has 5 nitrogen and oxygen atoms in total. The normalized spacial score (nSPS) is 15.0. The lowest BCUT2D eigenvalue weighted by Gasteiger charge is -2.38. The first kappa shape index (κ1) is 14.4. The number of rotatable bonds is 2. The molecule has 2 aromatic heterocycles. The number of hydrogen-bond donors (Lipinski definition) is 0. The van der Waals surface area contributed by atoms with E-state index in [2.05, 4.69) is 26.1 Å². The smallest absolute Gasteiger partial charge is 0.254 e. The van der Waals surface area contributed by atoms with Gasteiger partial charge in [0.25, 0.3) is 5.91 Å². The van der Waals surface area contributed by atoms with Crippen molar-refractivity contribution in [3.63, 3.8) is 0 Å². The number of amides is 1. The van der Waals surface area contributed by atoms with Gasteiger partial charge in [0.2, 0.25) is 0 Å². The quantitative estimate of drug-likeness (QED) is 0.696. The van der Waals surface area contributed by atoms with Crippen LogP contribution in [-0.4, -0.2) is 38.5 Å². The van der Waals surface area contributed by atoms with Gasteiger partial charge in [-0.3, -0.25) is 9.20 Å². The van der Waals surface area contributed by atoms with E-state index in [1.54, 1.807) is 0 Å². The van der Waals surface area contributed by atoms with Crippen molar-refractivity contribution >= 4 is 27.5 Å². The third-order valence-electron chi connectivity index (χ3n) is 4.37. The second-order valence-corrected chi connectivity index (χ2v) is 6.66. The molecule has 1 aromatic carbocycles. The number of carbonyl (C=O) groups is 1. The molecule has 3 aromatic rings. The molecular weight excluding hydrogens is 356 g/mol. The number of aromatic nitrogens is 3. The average molecular weight is 371 g/mol. The number of nitrogens with zero attached hydrogens (tertiary/aromatic N) is 4. The van der Waals surface area contributed by atoms with Gasteiger partial charge in [-0.25, -0.2) is 0 Å². The van der Waals surface area contributed by atoms with Crippen molar-refractivity contribution < 1.29 is 4.79 Å². The maximum Gasteiger partial charge on any atom is 0.254 e. The topological polar surface area (TPSA) is 50.5 Å². The van der Waals surface area contributed by atoms with Crippen molar-refractivity contribution in [2.24, 2.45) is 0 Å². The summed E-state index contributed by atoms with van der Waals surface area (Å²) in [6.45, 7) is 3.32. The van der Waals surface area contributed by atoms with Gasteiger partial charge in [-0.05, 0) is 36.8 Å². The van der Waals surface area contributed by atoms with E-state index >= 15 is 0 Å². The molecule has 0 aliphatic carbocycles. The minimum Gasteiger partial charge on any atom is -0.337 e. The van der Waals surface area contributed by atoms with Crippen LogP contribution in [0, 0.1) is 6.92 Å². The van der Waals surface area contributed by atoms with E-state index in [-0.39, 0.29) is 11.8 Å². The van der Waals surface area contributed by atoms with Crippen molar-refractivity contribution in [3.8, 4) is 0 Å². The molecule has 0 N–H and O–H groups in total. The highest BCUT2D eigenvalue weighted by atomic mass is 79.9. The Hall–Kier alpha value is -2.21. The second-order valence-electron chi connectivity index (χ2n) is 5.81. The van der Waals surface area contributed by atoms with Crippen LogP contribution in [-0.2, 0) is 0 Å². The van der Waals surface area contributed by atoms with Gasteiger partial charge in [0.15, 0.2) is 5.65 Å².